The lowest BCUT2D eigenvalue weighted by Crippen LogP contribution is -2.53. The molecule has 1 aliphatic rings. The molecule has 1 aliphatic heterocycles. The Bertz CT molecular complexity index is 675. The molecule has 25 heavy (non-hydrogen) atoms. The number of oxime groups is 1. The first-order valence-electron chi connectivity index (χ1n) is 7.90. The quantitative estimate of drug-likeness (QED) is 0.485. The summed E-state index contributed by atoms with van der Waals surface area (Å²) in [7, 11) is 0. The highest BCUT2D eigenvalue weighted by Crippen LogP contribution is 2.37. The highest BCUT2D eigenvalue weighted by molar-refractivity contribution is 5.71. The molecule has 1 aromatic rings. The van der Waals surface area contributed by atoms with E-state index in [9.17, 15) is 18.7 Å². The molecule has 0 spiro atoms. The molecule has 6 nitrogen and oxygen atoms in total. The van der Waals surface area contributed by atoms with Crippen LogP contribution in [0.3, 0.4) is 0 Å². The van der Waals surface area contributed by atoms with Crippen LogP contribution in [0.1, 0.15) is 32.8 Å². The Morgan fingerprint density at radius 1 is 1.40 bits per heavy atom. The maximum atomic E-state index is 13.6. The molecule has 1 saturated heterocycles. The molecule has 1 fully saturated rings. The van der Waals surface area contributed by atoms with E-state index in [1.54, 1.807) is 20.8 Å². The monoisotopic (exact) mass is 356 g/mol. The van der Waals surface area contributed by atoms with Gasteiger partial charge in [-0.1, -0.05) is 6.07 Å². The summed E-state index contributed by atoms with van der Waals surface area (Å²) in [6.07, 6.45) is 0.572. The number of carbonyl (C=O) groups excluding carboxylic acids is 1. The average molecular weight is 356 g/mol. The zero-order valence-electron chi connectivity index (χ0n) is 14.4. The molecule has 1 aromatic carbocycles. The molecule has 0 saturated carbocycles. The molecule has 2 atom stereocenters. The molecule has 138 valence electrons. The highest BCUT2D eigenvalue weighted by Gasteiger charge is 2.44. The van der Waals surface area contributed by atoms with Crippen LogP contribution in [-0.4, -0.2) is 46.2 Å². The van der Waals surface area contributed by atoms with Crippen molar-refractivity contribution in [2.24, 2.45) is 11.1 Å². The number of hydrogen-bond acceptors (Lipinski definition) is 5. The number of aliphatic hydroxyl groups is 1. The number of halogens is 2. The van der Waals surface area contributed by atoms with E-state index in [-0.39, 0.29) is 25.1 Å². The largest absolute Gasteiger partial charge is 0.444 e. The van der Waals surface area contributed by atoms with Gasteiger partial charge in [-0.3, -0.25) is 0 Å². The van der Waals surface area contributed by atoms with Gasteiger partial charge in [-0.15, -0.1) is 5.16 Å². The van der Waals surface area contributed by atoms with Gasteiger partial charge >= 0.3 is 6.09 Å². The third-order valence-electron chi connectivity index (χ3n) is 4.11. The minimum atomic E-state index is -1.60. The van der Waals surface area contributed by atoms with Gasteiger partial charge in [0.05, 0.1) is 6.21 Å². The molecule has 0 bridgehead atoms. The van der Waals surface area contributed by atoms with Crippen molar-refractivity contribution >= 4 is 12.3 Å². The number of ether oxygens (including phenoxy) is 1. The summed E-state index contributed by atoms with van der Waals surface area (Å²) >= 11 is 0. The fourth-order valence-electron chi connectivity index (χ4n) is 2.84. The van der Waals surface area contributed by atoms with E-state index in [2.05, 4.69) is 5.16 Å². The van der Waals surface area contributed by atoms with Gasteiger partial charge in [0.2, 0.25) is 0 Å². The van der Waals surface area contributed by atoms with E-state index < -0.39 is 34.8 Å². The van der Waals surface area contributed by atoms with Crippen molar-refractivity contribution in [2.45, 2.75) is 38.4 Å². The molecule has 0 aliphatic carbocycles. The fourth-order valence-corrected chi connectivity index (χ4v) is 2.84. The maximum Gasteiger partial charge on any atom is 0.410 e. The zero-order chi connectivity index (χ0) is 18.8. The second kappa shape index (κ2) is 6.95. The fraction of sp³-hybridized carbons (Fsp3) is 0.529. The van der Waals surface area contributed by atoms with Gasteiger partial charge in [0.15, 0.2) is 11.6 Å². The van der Waals surface area contributed by atoms with Crippen molar-refractivity contribution < 1.29 is 28.6 Å². The first-order valence-corrected chi connectivity index (χ1v) is 7.90. The molecular formula is C17H22F2N2O4. The van der Waals surface area contributed by atoms with Crippen molar-refractivity contribution in [3.63, 3.8) is 0 Å². The molecule has 8 heteroatoms. The van der Waals surface area contributed by atoms with Gasteiger partial charge in [-0.2, -0.15) is 0 Å². The zero-order valence-corrected chi connectivity index (χ0v) is 14.4. The van der Waals surface area contributed by atoms with Crippen LogP contribution >= 0.6 is 0 Å². The van der Waals surface area contributed by atoms with Crippen LogP contribution in [0.25, 0.3) is 0 Å². The second-order valence-electron chi connectivity index (χ2n) is 7.10. The summed E-state index contributed by atoms with van der Waals surface area (Å²) in [5.74, 6) is -2.92. The van der Waals surface area contributed by atoms with Gasteiger partial charge in [-0.25, -0.2) is 13.6 Å². The Morgan fingerprint density at radius 3 is 2.64 bits per heavy atom. The third-order valence-corrected chi connectivity index (χ3v) is 4.11. The topological polar surface area (TPSA) is 82.4 Å². The number of piperidine rings is 1. The molecule has 2 N–H and O–H groups in total. The standard InChI is InChI=1S/C17H22F2N2O4/c1-16(2,3)25-15(22)21-7-6-17(23,12(10-21)9-20-24)11-4-5-13(18)14(19)8-11/h4-5,8-9,12,23-24H,6-7,10H2,1-3H3/b20-9+/t12-,17-/m0/s1. The summed E-state index contributed by atoms with van der Waals surface area (Å²) in [5, 5.41) is 22.9. The van der Waals surface area contributed by atoms with Crippen LogP contribution in [0.15, 0.2) is 23.4 Å². The van der Waals surface area contributed by atoms with E-state index in [1.807, 2.05) is 0 Å². The van der Waals surface area contributed by atoms with Crippen LogP contribution < -0.4 is 0 Å². The van der Waals surface area contributed by atoms with Crippen molar-refractivity contribution in [3.05, 3.63) is 35.4 Å². The number of nitrogens with zero attached hydrogens (tertiary/aromatic N) is 2. The van der Waals surface area contributed by atoms with Crippen LogP contribution in [-0.2, 0) is 10.3 Å². The first-order chi connectivity index (χ1) is 11.6. The Labute approximate surface area is 144 Å². The Hall–Kier alpha value is -2.22. The van der Waals surface area contributed by atoms with E-state index in [0.29, 0.717) is 0 Å². The normalized spacial score (nSPS) is 24.6. The Balaban J connectivity index is 2.27. The number of likely N-dealkylation sites (tertiary alicyclic amines) is 1. The molecule has 0 radical (unpaired) electrons. The predicted octanol–water partition coefficient (Wildman–Crippen LogP) is 2.87. The smallest absolute Gasteiger partial charge is 0.410 e. The molecule has 1 amide bonds. The summed E-state index contributed by atoms with van der Waals surface area (Å²) in [4.78, 5) is 13.6. The Morgan fingerprint density at radius 2 is 2.08 bits per heavy atom. The van der Waals surface area contributed by atoms with E-state index in [1.165, 1.54) is 11.0 Å². The molecule has 2 rings (SSSR count). The second-order valence-corrected chi connectivity index (χ2v) is 7.10. The summed E-state index contributed by atoms with van der Waals surface area (Å²) in [5.41, 5.74) is -2.12. The minimum Gasteiger partial charge on any atom is -0.444 e. The lowest BCUT2D eigenvalue weighted by Gasteiger charge is -2.43. The van der Waals surface area contributed by atoms with Gasteiger partial charge in [0.1, 0.15) is 11.2 Å². The highest BCUT2D eigenvalue weighted by atomic mass is 19.2. The lowest BCUT2D eigenvalue weighted by atomic mass is 9.76. The lowest BCUT2D eigenvalue weighted by molar-refractivity contribution is -0.0567. The van der Waals surface area contributed by atoms with E-state index >= 15 is 0 Å². The predicted molar refractivity (Wildman–Crippen MR) is 86.4 cm³/mol. The van der Waals surface area contributed by atoms with Crippen LogP contribution in [0.2, 0.25) is 0 Å². The van der Waals surface area contributed by atoms with Crippen molar-refractivity contribution in [1.29, 1.82) is 0 Å². The Kier molecular flexibility index (Phi) is 5.31. The number of amides is 1. The molecule has 1 heterocycles. The number of hydrogen-bond donors (Lipinski definition) is 2. The van der Waals surface area contributed by atoms with Gasteiger partial charge in [-0.05, 0) is 44.9 Å². The van der Waals surface area contributed by atoms with Gasteiger partial charge < -0.3 is 20.0 Å². The molecule has 0 aromatic heterocycles. The van der Waals surface area contributed by atoms with Gasteiger partial charge in [0, 0.05) is 19.0 Å². The van der Waals surface area contributed by atoms with Crippen LogP contribution in [0.5, 0.6) is 0 Å². The first kappa shape index (κ1) is 19.1. The van der Waals surface area contributed by atoms with Crippen molar-refractivity contribution in [1.82, 2.24) is 4.90 Å². The summed E-state index contributed by atoms with van der Waals surface area (Å²) < 4.78 is 32.0. The van der Waals surface area contributed by atoms with E-state index in [4.69, 9.17) is 9.94 Å². The van der Waals surface area contributed by atoms with Crippen molar-refractivity contribution in [3.8, 4) is 0 Å². The summed E-state index contributed by atoms with van der Waals surface area (Å²) in [6, 6.07) is 3.12. The number of rotatable bonds is 2. The number of carbonyl (C=O) groups is 1. The van der Waals surface area contributed by atoms with Gasteiger partial charge in [0.25, 0.3) is 0 Å². The van der Waals surface area contributed by atoms with E-state index in [0.717, 1.165) is 18.3 Å². The minimum absolute atomic E-state index is 0.00840. The van der Waals surface area contributed by atoms with Crippen LogP contribution in [0.4, 0.5) is 13.6 Å². The number of benzene rings is 1. The van der Waals surface area contributed by atoms with Crippen LogP contribution in [0, 0.1) is 17.6 Å². The summed E-state index contributed by atoms with van der Waals surface area (Å²) in [6.45, 7) is 5.37. The third kappa shape index (κ3) is 4.25. The van der Waals surface area contributed by atoms with Crippen molar-refractivity contribution in [2.75, 3.05) is 13.1 Å². The molecule has 0 unspecified atom stereocenters. The average Bonchev–Trinajstić information content (AvgIpc) is 2.50. The molecular weight excluding hydrogens is 334 g/mol. The maximum absolute atomic E-state index is 13.6. The SMILES string of the molecule is CC(C)(C)OC(=O)N1CC[C@](O)(c2ccc(F)c(F)c2)[C@@H](/C=N/O)C1.